The van der Waals surface area contributed by atoms with Crippen LogP contribution < -0.4 is 11.1 Å². The summed E-state index contributed by atoms with van der Waals surface area (Å²) in [6.45, 7) is 0. The van der Waals surface area contributed by atoms with E-state index in [1.165, 1.54) is 18.7 Å². The molecule has 0 aliphatic heterocycles. The van der Waals surface area contributed by atoms with Crippen molar-refractivity contribution in [3.05, 3.63) is 60.1 Å². The molecule has 1 heterocycles. The summed E-state index contributed by atoms with van der Waals surface area (Å²) in [5.74, 6) is 0. The number of anilines is 1. The first kappa shape index (κ1) is 15.9. The van der Waals surface area contributed by atoms with Gasteiger partial charge in [0.25, 0.3) is 0 Å². The van der Waals surface area contributed by atoms with Crippen LogP contribution in [0.4, 0.5) is 11.4 Å². The number of hydrogen-bond acceptors (Lipinski definition) is 5. The van der Waals surface area contributed by atoms with Gasteiger partial charge in [-0.25, -0.2) is 15.0 Å². The third-order valence-corrected chi connectivity index (χ3v) is 3.04. The second kappa shape index (κ2) is 8.10. The lowest BCUT2D eigenvalue weighted by molar-refractivity contribution is 1.25. The van der Waals surface area contributed by atoms with Gasteiger partial charge in [-0.1, -0.05) is 18.2 Å². The molecule has 0 saturated heterocycles. The first-order valence-electron chi connectivity index (χ1n) is 6.89. The molecule has 2 rings (SSSR count). The largest absolute Gasteiger partial charge is 0.404 e. The molecule has 6 heteroatoms. The number of allylic oxidation sites excluding steroid dienone is 1. The van der Waals surface area contributed by atoms with Crippen molar-refractivity contribution in [1.29, 1.82) is 5.26 Å². The minimum Gasteiger partial charge on any atom is -0.404 e. The number of aromatic nitrogens is 1. The highest BCUT2D eigenvalue weighted by Crippen LogP contribution is 2.21. The van der Waals surface area contributed by atoms with Crippen molar-refractivity contribution in [2.24, 2.45) is 15.7 Å². The van der Waals surface area contributed by atoms with Crippen LogP contribution in [0.15, 0.2) is 58.8 Å². The predicted molar refractivity (Wildman–Crippen MR) is 93.7 cm³/mol. The number of nitrogens with one attached hydrogen (secondary N) is 1. The average molecular weight is 304 g/mol. The molecule has 1 aromatic carbocycles. The Balaban J connectivity index is 2.11. The lowest BCUT2D eigenvalue weighted by Crippen LogP contribution is -1.97. The minimum atomic E-state index is 0.351. The molecule has 23 heavy (non-hydrogen) atoms. The first-order valence-corrected chi connectivity index (χ1v) is 6.89. The van der Waals surface area contributed by atoms with Crippen molar-refractivity contribution in [3.63, 3.8) is 0 Å². The van der Waals surface area contributed by atoms with E-state index in [9.17, 15) is 0 Å². The van der Waals surface area contributed by atoms with Crippen LogP contribution in [0.2, 0.25) is 0 Å². The predicted octanol–water partition coefficient (Wildman–Crippen LogP) is 2.73. The third kappa shape index (κ3) is 4.25. The summed E-state index contributed by atoms with van der Waals surface area (Å²) in [7, 11) is 1.85. The number of nitrogens with zero attached hydrogens (tertiary/aromatic N) is 4. The standard InChI is InChI=1S/C17H16N6/c1-20-17-5-3-2-4-16(17)13(8-18)10-21-12-23-15-7-6-14(9-19)22-11-15/h2-8,10-12,20H,18H2,1H3. The van der Waals surface area contributed by atoms with Crippen LogP contribution in [-0.4, -0.2) is 24.6 Å². The number of pyridine rings is 1. The molecular formula is C17H16N6. The van der Waals surface area contributed by atoms with Gasteiger partial charge in [0.05, 0.1) is 11.9 Å². The van der Waals surface area contributed by atoms with Gasteiger partial charge in [0.2, 0.25) is 0 Å². The Morgan fingerprint density at radius 1 is 1.30 bits per heavy atom. The van der Waals surface area contributed by atoms with Gasteiger partial charge in [-0.3, -0.25) is 0 Å². The topological polar surface area (TPSA) is 99.5 Å². The maximum absolute atomic E-state index is 8.68. The molecule has 6 nitrogen and oxygen atoms in total. The normalized spacial score (nSPS) is 11.7. The van der Waals surface area contributed by atoms with Gasteiger partial charge in [-0.2, -0.15) is 5.26 Å². The summed E-state index contributed by atoms with van der Waals surface area (Å²) in [5.41, 5.74) is 9.35. The van der Waals surface area contributed by atoms with E-state index < -0.39 is 0 Å². The molecule has 0 fully saturated rings. The molecule has 0 radical (unpaired) electrons. The summed E-state index contributed by atoms with van der Waals surface area (Å²) in [6, 6.07) is 13.1. The van der Waals surface area contributed by atoms with Gasteiger partial charge in [0, 0.05) is 36.3 Å². The van der Waals surface area contributed by atoms with Crippen molar-refractivity contribution >= 4 is 29.5 Å². The Morgan fingerprint density at radius 2 is 2.13 bits per heavy atom. The zero-order valence-electron chi connectivity index (χ0n) is 12.6. The maximum atomic E-state index is 8.68. The monoisotopic (exact) mass is 304 g/mol. The first-order chi connectivity index (χ1) is 11.3. The van der Waals surface area contributed by atoms with Gasteiger partial charge >= 0.3 is 0 Å². The summed E-state index contributed by atoms with van der Waals surface area (Å²) in [4.78, 5) is 12.2. The maximum Gasteiger partial charge on any atom is 0.140 e. The molecule has 1 aromatic heterocycles. The van der Waals surface area contributed by atoms with Crippen LogP contribution in [0.3, 0.4) is 0 Å². The van der Waals surface area contributed by atoms with Gasteiger partial charge < -0.3 is 11.1 Å². The fourth-order valence-electron chi connectivity index (χ4n) is 1.90. The fourth-order valence-corrected chi connectivity index (χ4v) is 1.90. The quantitative estimate of drug-likeness (QED) is 0.655. The number of rotatable bonds is 5. The molecule has 0 saturated carbocycles. The van der Waals surface area contributed by atoms with E-state index in [2.05, 4.69) is 20.3 Å². The lowest BCUT2D eigenvalue weighted by atomic mass is 10.1. The highest BCUT2D eigenvalue weighted by Gasteiger charge is 2.03. The van der Waals surface area contributed by atoms with Crippen LogP contribution >= 0.6 is 0 Å². The van der Waals surface area contributed by atoms with Gasteiger partial charge in [0.15, 0.2) is 0 Å². The van der Waals surface area contributed by atoms with Crippen molar-refractivity contribution in [3.8, 4) is 6.07 Å². The zero-order chi connectivity index (χ0) is 16.5. The van der Waals surface area contributed by atoms with Crippen molar-refractivity contribution in [2.45, 2.75) is 0 Å². The molecule has 114 valence electrons. The molecule has 0 spiro atoms. The molecule has 3 N–H and O–H groups in total. The summed E-state index contributed by atoms with van der Waals surface area (Å²) >= 11 is 0. The molecule has 0 amide bonds. The lowest BCUT2D eigenvalue weighted by Gasteiger charge is -2.08. The Bertz CT molecular complexity index is 781. The Kier molecular flexibility index (Phi) is 5.61. The van der Waals surface area contributed by atoms with E-state index in [1.807, 2.05) is 37.4 Å². The molecular weight excluding hydrogens is 288 g/mol. The van der Waals surface area contributed by atoms with E-state index >= 15 is 0 Å². The van der Waals surface area contributed by atoms with Crippen molar-refractivity contribution in [2.75, 3.05) is 12.4 Å². The fraction of sp³-hybridized carbons (Fsp3) is 0.0588. The Hall–Kier alpha value is -3.46. The molecule has 0 aliphatic rings. The highest BCUT2D eigenvalue weighted by molar-refractivity contribution is 6.13. The SMILES string of the molecule is CNc1ccccc1C(C=NC=Nc1ccc(C#N)nc1)=CN. The Labute approximate surface area is 134 Å². The minimum absolute atomic E-state index is 0.351. The molecule has 0 aliphatic carbocycles. The van der Waals surface area contributed by atoms with Crippen LogP contribution in [0, 0.1) is 11.3 Å². The summed E-state index contributed by atoms with van der Waals surface area (Å²) in [6.07, 6.45) is 6.06. The van der Waals surface area contributed by atoms with E-state index in [0.717, 1.165) is 16.8 Å². The molecule has 2 aromatic rings. The van der Waals surface area contributed by atoms with Gasteiger partial charge in [-0.15, -0.1) is 0 Å². The molecule has 0 atom stereocenters. The number of aliphatic imine (C=N–C) groups is 2. The molecule has 0 bridgehead atoms. The number of para-hydroxylation sites is 1. The summed E-state index contributed by atoms with van der Waals surface area (Å²) in [5, 5.41) is 11.8. The summed E-state index contributed by atoms with van der Waals surface area (Å²) < 4.78 is 0. The average Bonchev–Trinajstić information content (AvgIpc) is 2.62. The van der Waals surface area contributed by atoms with Crippen LogP contribution in [0.5, 0.6) is 0 Å². The van der Waals surface area contributed by atoms with Gasteiger partial charge in [-0.05, 0) is 18.2 Å². The number of benzene rings is 1. The van der Waals surface area contributed by atoms with E-state index in [0.29, 0.717) is 11.4 Å². The smallest absolute Gasteiger partial charge is 0.140 e. The molecule has 0 unspecified atom stereocenters. The van der Waals surface area contributed by atoms with Crippen LogP contribution in [0.1, 0.15) is 11.3 Å². The second-order valence-electron chi connectivity index (χ2n) is 4.45. The number of hydrogen-bond donors (Lipinski definition) is 2. The van der Waals surface area contributed by atoms with Crippen molar-refractivity contribution < 1.29 is 0 Å². The third-order valence-electron chi connectivity index (χ3n) is 3.04. The highest BCUT2D eigenvalue weighted by atomic mass is 14.9. The Morgan fingerprint density at radius 3 is 2.78 bits per heavy atom. The number of nitrogens with two attached hydrogens (primary N) is 1. The second-order valence-corrected chi connectivity index (χ2v) is 4.45. The van der Waals surface area contributed by atoms with Crippen molar-refractivity contribution in [1.82, 2.24) is 4.98 Å². The van der Waals surface area contributed by atoms with E-state index in [1.54, 1.807) is 18.3 Å². The van der Waals surface area contributed by atoms with E-state index in [4.69, 9.17) is 11.0 Å². The number of nitriles is 1. The zero-order valence-corrected chi connectivity index (χ0v) is 12.6. The van der Waals surface area contributed by atoms with Crippen LogP contribution in [-0.2, 0) is 0 Å². The van der Waals surface area contributed by atoms with E-state index in [-0.39, 0.29) is 0 Å². The van der Waals surface area contributed by atoms with Gasteiger partial charge in [0.1, 0.15) is 18.1 Å². The van der Waals surface area contributed by atoms with Crippen LogP contribution in [0.25, 0.3) is 5.57 Å².